The molecule has 0 atom stereocenters. The third-order valence-electron chi connectivity index (χ3n) is 5.87. The second-order valence-electron chi connectivity index (χ2n) is 8.01. The first-order valence-corrected chi connectivity index (χ1v) is 11.3. The van der Waals surface area contributed by atoms with Gasteiger partial charge in [-0.05, 0) is 29.8 Å². The van der Waals surface area contributed by atoms with Crippen LogP contribution in [0.2, 0.25) is 0 Å². The summed E-state index contributed by atoms with van der Waals surface area (Å²) in [5.74, 6) is 0.722. The van der Waals surface area contributed by atoms with Crippen LogP contribution in [0.25, 0.3) is 16.9 Å². The number of benzene rings is 2. The Morgan fingerprint density at radius 2 is 1.79 bits per heavy atom. The van der Waals surface area contributed by atoms with Gasteiger partial charge >= 0.3 is 6.03 Å². The van der Waals surface area contributed by atoms with Crippen molar-refractivity contribution in [2.75, 3.05) is 48.9 Å². The lowest BCUT2D eigenvalue weighted by atomic mass is 10.1. The second-order valence-corrected chi connectivity index (χ2v) is 8.01. The van der Waals surface area contributed by atoms with Gasteiger partial charge in [0.15, 0.2) is 11.5 Å². The molecule has 3 heterocycles. The van der Waals surface area contributed by atoms with Crippen LogP contribution < -0.4 is 20.9 Å². The lowest BCUT2D eigenvalue weighted by molar-refractivity contribution is 0.122. The molecule has 9 nitrogen and oxygen atoms in total. The maximum Gasteiger partial charge on any atom is 0.319 e. The molecule has 9 heteroatoms. The van der Waals surface area contributed by atoms with Gasteiger partial charge in [0, 0.05) is 56.0 Å². The SMILES string of the molecule is CNc1nccn2c(-c3ccc(NC(=O)NCc4ccc(N5CCOCC5)cc4)cc3)cnc12. The van der Waals surface area contributed by atoms with Crippen molar-refractivity contribution in [3.63, 3.8) is 0 Å². The van der Waals surface area contributed by atoms with E-state index in [1.54, 1.807) is 6.20 Å². The molecule has 174 valence electrons. The zero-order valence-electron chi connectivity index (χ0n) is 19.0. The molecule has 34 heavy (non-hydrogen) atoms. The first-order chi connectivity index (χ1) is 16.7. The molecule has 1 aliphatic heterocycles. The highest BCUT2D eigenvalue weighted by molar-refractivity contribution is 5.89. The lowest BCUT2D eigenvalue weighted by Crippen LogP contribution is -2.36. The number of ether oxygens (including phenoxy) is 1. The van der Waals surface area contributed by atoms with E-state index < -0.39 is 0 Å². The van der Waals surface area contributed by atoms with Crippen LogP contribution >= 0.6 is 0 Å². The fourth-order valence-corrected chi connectivity index (χ4v) is 4.04. The topological polar surface area (TPSA) is 95.8 Å². The van der Waals surface area contributed by atoms with E-state index in [0.29, 0.717) is 6.54 Å². The number of nitrogens with one attached hydrogen (secondary N) is 3. The Morgan fingerprint density at radius 1 is 1.03 bits per heavy atom. The number of carbonyl (C=O) groups is 1. The van der Waals surface area contributed by atoms with Crippen LogP contribution in [0.1, 0.15) is 5.56 Å². The molecular weight excluding hydrogens is 430 g/mol. The number of hydrogen-bond acceptors (Lipinski definition) is 6. The number of urea groups is 1. The fourth-order valence-electron chi connectivity index (χ4n) is 4.04. The number of amides is 2. The molecular formula is C25H27N7O2. The Bertz CT molecular complexity index is 1260. The van der Waals surface area contributed by atoms with Crippen LogP contribution in [0.4, 0.5) is 22.0 Å². The van der Waals surface area contributed by atoms with Crippen molar-refractivity contribution < 1.29 is 9.53 Å². The summed E-state index contributed by atoms with van der Waals surface area (Å²) in [6.45, 7) is 3.79. The molecule has 3 N–H and O–H groups in total. The summed E-state index contributed by atoms with van der Waals surface area (Å²) in [6.07, 6.45) is 5.43. The minimum atomic E-state index is -0.246. The maximum absolute atomic E-state index is 12.4. The molecule has 0 radical (unpaired) electrons. The summed E-state index contributed by atoms with van der Waals surface area (Å²) < 4.78 is 7.39. The molecule has 2 amide bonds. The van der Waals surface area contributed by atoms with Gasteiger partial charge in [-0.25, -0.2) is 14.8 Å². The van der Waals surface area contributed by atoms with Crippen LogP contribution in [0.5, 0.6) is 0 Å². The molecule has 2 aromatic heterocycles. The fraction of sp³-hybridized carbons (Fsp3) is 0.240. The number of hydrogen-bond donors (Lipinski definition) is 3. The monoisotopic (exact) mass is 457 g/mol. The molecule has 0 bridgehead atoms. The molecule has 4 aromatic rings. The van der Waals surface area contributed by atoms with E-state index in [2.05, 4.69) is 43.0 Å². The maximum atomic E-state index is 12.4. The molecule has 1 saturated heterocycles. The van der Waals surface area contributed by atoms with Gasteiger partial charge in [0.25, 0.3) is 0 Å². The zero-order valence-corrected chi connectivity index (χ0v) is 19.0. The van der Waals surface area contributed by atoms with E-state index in [0.717, 1.165) is 60.3 Å². The average Bonchev–Trinajstić information content (AvgIpc) is 3.33. The highest BCUT2D eigenvalue weighted by Gasteiger charge is 2.12. The van der Waals surface area contributed by atoms with E-state index in [9.17, 15) is 4.79 Å². The normalized spacial score (nSPS) is 13.6. The third-order valence-corrected chi connectivity index (χ3v) is 5.87. The molecule has 0 saturated carbocycles. The Balaban J connectivity index is 1.17. The van der Waals surface area contributed by atoms with Crippen LogP contribution in [-0.2, 0) is 11.3 Å². The summed E-state index contributed by atoms with van der Waals surface area (Å²) >= 11 is 0. The highest BCUT2D eigenvalue weighted by atomic mass is 16.5. The molecule has 2 aromatic carbocycles. The summed E-state index contributed by atoms with van der Waals surface area (Å²) in [5.41, 5.74) is 5.65. The molecule has 0 spiro atoms. The Hall–Kier alpha value is -4.11. The van der Waals surface area contributed by atoms with Gasteiger partial charge in [-0.3, -0.25) is 4.40 Å². The van der Waals surface area contributed by atoms with Gasteiger partial charge < -0.3 is 25.6 Å². The van der Waals surface area contributed by atoms with Gasteiger partial charge in [0.05, 0.1) is 25.1 Å². The number of morpholine rings is 1. The molecule has 0 aliphatic carbocycles. The standard InChI is InChI=1S/C25H27N7O2/c1-26-23-24-28-17-22(32(24)11-10-27-23)19-4-6-20(7-5-19)30-25(33)29-16-18-2-8-21(9-3-18)31-12-14-34-15-13-31/h2-11,17H,12-16H2,1H3,(H,26,27)(H2,29,30,33). The van der Waals surface area contributed by atoms with Crippen LogP contribution in [-0.4, -0.2) is 53.8 Å². The Labute approximate surface area is 197 Å². The van der Waals surface area contributed by atoms with E-state index >= 15 is 0 Å². The average molecular weight is 458 g/mol. The van der Waals surface area contributed by atoms with Gasteiger partial charge in [-0.2, -0.15) is 0 Å². The summed E-state index contributed by atoms with van der Waals surface area (Å²) in [4.78, 5) is 23.5. The van der Waals surface area contributed by atoms with Crippen molar-refractivity contribution >= 4 is 28.9 Å². The highest BCUT2D eigenvalue weighted by Crippen LogP contribution is 2.24. The van der Waals surface area contributed by atoms with Crippen molar-refractivity contribution in [3.8, 4) is 11.3 Å². The van der Waals surface area contributed by atoms with Gasteiger partial charge in [-0.1, -0.05) is 24.3 Å². The third kappa shape index (κ3) is 4.65. The van der Waals surface area contributed by atoms with Gasteiger partial charge in [0.2, 0.25) is 0 Å². The molecule has 0 unspecified atom stereocenters. The van der Waals surface area contributed by atoms with Crippen LogP contribution in [0, 0.1) is 0 Å². The van der Waals surface area contributed by atoms with Crippen LogP contribution in [0.3, 0.4) is 0 Å². The zero-order chi connectivity index (χ0) is 23.3. The minimum absolute atomic E-state index is 0.246. The summed E-state index contributed by atoms with van der Waals surface area (Å²) in [5, 5.41) is 8.85. The van der Waals surface area contributed by atoms with Crippen molar-refractivity contribution in [1.82, 2.24) is 19.7 Å². The largest absolute Gasteiger partial charge is 0.378 e. The van der Waals surface area contributed by atoms with E-state index in [1.165, 1.54) is 5.69 Å². The first kappa shape index (κ1) is 21.7. The van der Waals surface area contributed by atoms with Crippen LogP contribution in [0.15, 0.2) is 67.1 Å². The quantitative estimate of drug-likeness (QED) is 0.410. The summed E-state index contributed by atoms with van der Waals surface area (Å²) in [6, 6.07) is 15.7. The van der Waals surface area contributed by atoms with Crippen molar-refractivity contribution in [1.29, 1.82) is 0 Å². The first-order valence-electron chi connectivity index (χ1n) is 11.3. The number of rotatable bonds is 6. The number of nitrogens with zero attached hydrogens (tertiary/aromatic N) is 4. The van der Waals surface area contributed by atoms with E-state index in [4.69, 9.17) is 4.74 Å². The minimum Gasteiger partial charge on any atom is -0.378 e. The smallest absolute Gasteiger partial charge is 0.319 e. The Morgan fingerprint density at radius 3 is 2.53 bits per heavy atom. The molecule has 1 fully saturated rings. The Kier molecular flexibility index (Phi) is 6.26. The number of imidazole rings is 1. The van der Waals surface area contributed by atoms with Crippen molar-refractivity contribution in [3.05, 3.63) is 72.7 Å². The predicted octanol–water partition coefficient (Wildman–Crippen LogP) is 3.60. The predicted molar refractivity (Wildman–Crippen MR) is 133 cm³/mol. The van der Waals surface area contributed by atoms with Gasteiger partial charge in [-0.15, -0.1) is 0 Å². The number of carbonyl (C=O) groups excluding carboxylic acids is 1. The van der Waals surface area contributed by atoms with Gasteiger partial charge in [0.1, 0.15) is 0 Å². The lowest BCUT2D eigenvalue weighted by Gasteiger charge is -2.28. The van der Waals surface area contributed by atoms with Crippen molar-refractivity contribution in [2.24, 2.45) is 0 Å². The molecule has 1 aliphatic rings. The van der Waals surface area contributed by atoms with E-state index in [1.807, 2.05) is 60.2 Å². The van der Waals surface area contributed by atoms with Crippen molar-refractivity contribution in [2.45, 2.75) is 6.54 Å². The summed E-state index contributed by atoms with van der Waals surface area (Å²) in [7, 11) is 1.82. The molecule has 5 rings (SSSR count). The number of anilines is 3. The number of aromatic nitrogens is 3. The number of fused-ring (bicyclic) bond motifs is 1. The van der Waals surface area contributed by atoms with E-state index in [-0.39, 0.29) is 6.03 Å². The second kappa shape index (κ2) is 9.80.